The van der Waals surface area contributed by atoms with Gasteiger partial charge >= 0.3 is 6.09 Å². The quantitative estimate of drug-likeness (QED) is 0.196. The molecule has 2 aromatic carbocycles. The van der Waals surface area contributed by atoms with Crippen molar-refractivity contribution >= 4 is 56.0 Å². The molecule has 11 nitrogen and oxygen atoms in total. The molecule has 1 aliphatic rings. The summed E-state index contributed by atoms with van der Waals surface area (Å²) in [5, 5.41) is 20.9. The Bertz CT molecular complexity index is 1840. The van der Waals surface area contributed by atoms with Crippen LogP contribution in [0, 0.1) is 0 Å². The van der Waals surface area contributed by atoms with Crippen molar-refractivity contribution in [2.45, 2.75) is 45.7 Å². The van der Waals surface area contributed by atoms with Gasteiger partial charge in [0.2, 0.25) is 5.91 Å². The predicted octanol–water partition coefficient (Wildman–Crippen LogP) is 6.23. The second kappa shape index (κ2) is 11.9. The molecule has 6 rings (SSSR count). The fourth-order valence-electron chi connectivity index (χ4n) is 5.79. The third kappa shape index (κ3) is 5.95. The molecular weight excluding hydrogens is 578 g/mol. The number of ether oxygens (including phenoxy) is 1. The monoisotopic (exact) mass is 613 g/mol. The standard InChI is InChI=1S/C32H35N7O4S/c1-19(39(31(41)42)32(2,3)4)15-27(40)34-21-8-5-7-20(16-21)26-17-25-28(44-26)30(38-11-13-43-14-12-38)36-29(35-25)22-9-6-10-24-23(22)18-33-37-24/h5-10,16-19H,11-15H2,1-4H3,(H,33,37)(H,34,40)(H,41,42). The van der Waals surface area contributed by atoms with Crippen molar-refractivity contribution in [1.82, 2.24) is 25.1 Å². The first kappa shape index (κ1) is 29.5. The lowest BCUT2D eigenvalue weighted by molar-refractivity contribution is -0.117. The fraction of sp³-hybridized carbons (Fsp3) is 0.344. The summed E-state index contributed by atoms with van der Waals surface area (Å²) in [6, 6.07) is 15.2. The SMILES string of the molecule is CC(CC(=O)Nc1cccc(-c2cc3nc(-c4cccc5[nH]ncc45)nc(N4CCOCC4)c3s2)c1)N(C(=O)O)C(C)(C)C. The van der Waals surface area contributed by atoms with Crippen LogP contribution in [0.15, 0.2) is 54.7 Å². The van der Waals surface area contributed by atoms with Crippen LogP contribution in [-0.2, 0) is 9.53 Å². The van der Waals surface area contributed by atoms with Crippen LogP contribution in [-0.4, -0.2) is 80.1 Å². The van der Waals surface area contributed by atoms with Crippen molar-refractivity contribution in [3.63, 3.8) is 0 Å². The molecule has 1 fully saturated rings. The van der Waals surface area contributed by atoms with E-state index in [0.29, 0.717) is 24.7 Å². The second-order valence-electron chi connectivity index (χ2n) is 11.9. The minimum Gasteiger partial charge on any atom is -0.465 e. The van der Waals surface area contributed by atoms with Crippen molar-refractivity contribution in [3.8, 4) is 21.8 Å². The van der Waals surface area contributed by atoms with Crippen LogP contribution < -0.4 is 10.2 Å². The average molecular weight is 614 g/mol. The molecule has 1 aliphatic heterocycles. The first-order valence-corrected chi connectivity index (χ1v) is 15.4. The molecule has 0 spiro atoms. The van der Waals surface area contributed by atoms with E-state index >= 15 is 0 Å². The number of H-pyrrole nitrogens is 1. The van der Waals surface area contributed by atoms with E-state index in [1.54, 1.807) is 24.5 Å². The van der Waals surface area contributed by atoms with Crippen LogP contribution in [0.4, 0.5) is 16.3 Å². The number of amides is 2. The molecule has 5 aromatic rings. The Hall–Kier alpha value is -4.55. The van der Waals surface area contributed by atoms with E-state index in [4.69, 9.17) is 14.7 Å². The fourth-order valence-corrected chi connectivity index (χ4v) is 6.90. The summed E-state index contributed by atoms with van der Waals surface area (Å²) < 4.78 is 6.61. The van der Waals surface area contributed by atoms with Gasteiger partial charge < -0.3 is 25.0 Å². The Balaban J connectivity index is 1.32. The highest BCUT2D eigenvalue weighted by Gasteiger charge is 2.32. The van der Waals surface area contributed by atoms with E-state index in [9.17, 15) is 14.7 Å². The van der Waals surface area contributed by atoms with Gasteiger partial charge in [-0.15, -0.1) is 11.3 Å². The maximum atomic E-state index is 13.0. The van der Waals surface area contributed by atoms with Gasteiger partial charge in [-0.3, -0.25) is 9.89 Å². The first-order valence-electron chi connectivity index (χ1n) is 14.6. The summed E-state index contributed by atoms with van der Waals surface area (Å²) in [5.74, 6) is 1.27. The largest absolute Gasteiger partial charge is 0.465 e. The second-order valence-corrected chi connectivity index (χ2v) is 13.0. The number of carbonyl (C=O) groups excluding carboxylic acids is 1. The Morgan fingerprint density at radius 1 is 1.14 bits per heavy atom. The summed E-state index contributed by atoms with van der Waals surface area (Å²) >= 11 is 1.62. The van der Waals surface area contributed by atoms with Gasteiger partial charge in [-0.1, -0.05) is 24.3 Å². The molecular formula is C32H35N7O4S. The van der Waals surface area contributed by atoms with Crippen molar-refractivity contribution in [3.05, 3.63) is 54.7 Å². The zero-order chi connectivity index (χ0) is 31.0. The number of anilines is 2. The number of morpholine rings is 1. The molecule has 0 bridgehead atoms. The van der Waals surface area contributed by atoms with Gasteiger partial charge in [0, 0.05) is 52.6 Å². The molecule has 228 valence electrons. The molecule has 4 heterocycles. The van der Waals surface area contributed by atoms with Crippen molar-refractivity contribution in [2.75, 3.05) is 36.5 Å². The van der Waals surface area contributed by atoms with Gasteiger partial charge in [0.1, 0.15) is 0 Å². The Labute approximate surface area is 258 Å². The van der Waals surface area contributed by atoms with Crippen molar-refractivity contribution in [2.24, 2.45) is 0 Å². The summed E-state index contributed by atoms with van der Waals surface area (Å²) in [4.78, 5) is 39.5. The van der Waals surface area contributed by atoms with Crippen LogP contribution in [0.5, 0.6) is 0 Å². The highest BCUT2D eigenvalue weighted by atomic mass is 32.1. The smallest absolute Gasteiger partial charge is 0.407 e. The van der Waals surface area contributed by atoms with Crippen LogP contribution in [0.1, 0.15) is 34.1 Å². The lowest BCUT2D eigenvalue weighted by atomic mass is 10.0. The summed E-state index contributed by atoms with van der Waals surface area (Å²) in [7, 11) is 0. The number of thiophene rings is 1. The van der Waals surface area contributed by atoms with Crippen LogP contribution >= 0.6 is 11.3 Å². The highest BCUT2D eigenvalue weighted by Crippen LogP contribution is 2.40. The molecule has 0 aliphatic carbocycles. The first-order chi connectivity index (χ1) is 21.1. The maximum Gasteiger partial charge on any atom is 0.407 e. The molecule has 1 atom stereocenters. The van der Waals surface area contributed by atoms with E-state index in [-0.39, 0.29) is 12.3 Å². The van der Waals surface area contributed by atoms with Gasteiger partial charge in [-0.2, -0.15) is 5.10 Å². The van der Waals surface area contributed by atoms with E-state index in [0.717, 1.165) is 56.0 Å². The van der Waals surface area contributed by atoms with E-state index < -0.39 is 17.7 Å². The number of rotatable bonds is 7. The minimum absolute atomic E-state index is 0.0430. The number of hydrogen-bond acceptors (Lipinski definition) is 8. The third-order valence-corrected chi connectivity index (χ3v) is 8.84. The predicted molar refractivity (Wildman–Crippen MR) is 173 cm³/mol. The average Bonchev–Trinajstić information content (AvgIpc) is 3.63. The van der Waals surface area contributed by atoms with Crippen molar-refractivity contribution in [1.29, 1.82) is 0 Å². The number of carbonyl (C=O) groups is 2. The highest BCUT2D eigenvalue weighted by molar-refractivity contribution is 7.22. The molecule has 0 saturated carbocycles. The minimum atomic E-state index is -1.05. The number of benzene rings is 2. The number of nitrogens with zero attached hydrogens (tertiary/aromatic N) is 5. The molecule has 3 aromatic heterocycles. The number of carboxylic acid groups (broad SMARTS) is 1. The van der Waals surface area contributed by atoms with Gasteiger partial charge in [0.15, 0.2) is 11.6 Å². The normalized spacial score (nSPS) is 14.6. The topological polar surface area (TPSA) is 137 Å². The zero-order valence-corrected chi connectivity index (χ0v) is 25.9. The van der Waals surface area contributed by atoms with Crippen LogP contribution in [0.25, 0.3) is 42.9 Å². The molecule has 44 heavy (non-hydrogen) atoms. The van der Waals surface area contributed by atoms with Gasteiger partial charge in [0.05, 0.1) is 35.1 Å². The summed E-state index contributed by atoms with van der Waals surface area (Å²) in [5.41, 5.74) is 3.63. The van der Waals surface area contributed by atoms with Crippen LogP contribution in [0.2, 0.25) is 0 Å². The molecule has 12 heteroatoms. The number of fused-ring (bicyclic) bond motifs is 2. The Kier molecular flexibility index (Phi) is 7.95. The molecule has 1 saturated heterocycles. The van der Waals surface area contributed by atoms with E-state index in [1.807, 2.05) is 63.2 Å². The summed E-state index contributed by atoms with van der Waals surface area (Å²) in [6.07, 6.45) is 0.796. The van der Waals surface area contributed by atoms with E-state index in [1.165, 1.54) is 4.90 Å². The number of hydrogen-bond donors (Lipinski definition) is 3. The Morgan fingerprint density at radius 2 is 1.91 bits per heavy atom. The molecule has 2 amide bonds. The number of nitrogens with one attached hydrogen (secondary N) is 2. The lowest BCUT2D eigenvalue weighted by Gasteiger charge is -2.37. The number of aromatic amines is 1. The molecule has 1 unspecified atom stereocenters. The summed E-state index contributed by atoms with van der Waals surface area (Å²) in [6.45, 7) is 9.96. The lowest BCUT2D eigenvalue weighted by Crippen LogP contribution is -2.51. The molecule has 0 radical (unpaired) electrons. The molecule has 3 N–H and O–H groups in total. The zero-order valence-electron chi connectivity index (χ0n) is 25.1. The van der Waals surface area contributed by atoms with Gasteiger partial charge in [0.25, 0.3) is 0 Å². The van der Waals surface area contributed by atoms with Crippen LogP contribution in [0.3, 0.4) is 0 Å². The Morgan fingerprint density at radius 3 is 2.66 bits per heavy atom. The van der Waals surface area contributed by atoms with Crippen molar-refractivity contribution < 1.29 is 19.4 Å². The maximum absolute atomic E-state index is 13.0. The number of aromatic nitrogens is 4. The van der Waals surface area contributed by atoms with Gasteiger partial charge in [-0.05, 0) is 57.5 Å². The van der Waals surface area contributed by atoms with E-state index in [2.05, 4.69) is 26.5 Å². The third-order valence-electron chi connectivity index (χ3n) is 7.67. The van der Waals surface area contributed by atoms with Gasteiger partial charge in [-0.25, -0.2) is 14.8 Å².